The van der Waals surface area contributed by atoms with E-state index >= 15 is 0 Å². The van der Waals surface area contributed by atoms with Crippen molar-refractivity contribution in [3.63, 3.8) is 0 Å². The van der Waals surface area contributed by atoms with Crippen molar-refractivity contribution >= 4 is 23.8 Å². The van der Waals surface area contributed by atoms with Crippen LogP contribution in [0.4, 0.5) is 10.5 Å². The molecule has 0 aromatic heterocycles. The van der Waals surface area contributed by atoms with Crippen LogP contribution in [-0.4, -0.2) is 22.8 Å². The van der Waals surface area contributed by atoms with E-state index in [4.69, 9.17) is 9.47 Å². The highest BCUT2D eigenvalue weighted by Gasteiger charge is 2.15. The average molecular weight is 383 g/mol. The van der Waals surface area contributed by atoms with Gasteiger partial charge < -0.3 is 14.6 Å². The first-order chi connectivity index (χ1) is 13.3. The van der Waals surface area contributed by atoms with Crippen LogP contribution in [0.25, 0.3) is 6.08 Å². The molecule has 1 amide bonds. The van der Waals surface area contributed by atoms with Gasteiger partial charge in [0, 0.05) is 0 Å². The van der Waals surface area contributed by atoms with Gasteiger partial charge in [0.05, 0.1) is 18.7 Å². The smallest absolute Gasteiger partial charge is 0.417 e. The highest BCUT2D eigenvalue weighted by molar-refractivity contribution is 5.89. The van der Waals surface area contributed by atoms with Crippen LogP contribution >= 0.6 is 0 Å². The summed E-state index contributed by atoms with van der Waals surface area (Å²) in [6, 6.07) is 13.8. The van der Waals surface area contributed by atoms with E-state index in [2.05, 4.69) is 5.32 Å². The van der Waals surface area contributed by atoms with E-state index in [1.807, 2.05) is 6.07 Å². The molecule has 0 unspecified atom stereocenters. The normalized spacial score (nSPS) is 11.3. The summed E-state index contributed by atoms with van der Waals surface area (Å²) in [4.78, 5) is 24.0. The molecule has 0 saturated carbocycles. The van der Waals surface area contributed by atoms with Crippen LogP contribution < -0.4 is 10.1 Å². The molecule has 0 aliphatic rings. The average Bonchev–Trinajstić information content (AvgIpc) is 2.62. The quantitative estimate of drug-likeness (QED) is 0.716. The molecule has 0 saturated heterocycles. The van der Waals surface area contributed by atoms with Crippen LogP contribution in [0.1, 0.15) is 38.3 Å². The number of ether oxygens (including phenoxy) is 2. The molecule has 0 aliphatic heterocycles. The third-order valence-electron chi connectivity index (χ3n) is 3.49. The van der Waals surface area contributed by atoms with Gasteiger partial charge in [-0.25, -0.2) is 4.79 Å². The first-order valence-corrected chi connectivity index (χ1v) is 8.93. The lowest BCUT2D eigenvalue weighted by molar-refractivity contribution is -0.153. The van der Waals surface area contributed by atoms with Crippen molar-refractivity contribution in [2.45, 2.75) is 39.4 Å². The van der Waals surface area contributed by atoms with Gasteiger partial charge in [-0.2, -0.15) is 0 Å². The lowest BCUT2D eigenvalue weighted by Gasteiger charge is -2.18. The second kappa shape index (κ2) is 9.71. The molecule has 0 radical (unpaired) electrons. The molecule has 148 valence electrons. The Hall–Kier alpha value is -3.12. The zero-order valence-corrected chi connectivity index (χ0v) is 16.3. The van der Waals surface area contributed by atoms with Crippen LogP contribution in [0, 0.1) is 0 Å². The molecular formula is C22H25NO5. The topological polar surface area (TPSA) is 84.9 Å². The van der Waals surface area contributed by atoms with Gasteiger partial charge in [-0.15, -0.1) is 0 Å². The van der Waals surface area contributed by atoms with Gasteiger partial charge in [0.1, 0.15) is 11.4 Å². The SMILES string of the molecule is CC(C)(C)OC(=O)CC=Cc1cc(CO)ccc1NC(=O)Oc1ccccc1. The van der Waals surface area contributed by atoms with Crippen molar-refractivity contribution in [3.05, 3.63) is 65.7 Å². The van der Waals surface area contributed by atoms with E-state index in [1.165, 1.54) is 0 Å². The number of benzene rings is 2. The summed E-state index contributed by atoms with van der Waals surface area (Å²) in [5.74, 6) is 0.0778. The molecule has 2 N–H and O–H groups in total. The summed E-state index contributed by atoms with van der Waals surface area (Å²) in [7, 11) is 0. The lowest BCUT2D eigenvalue weighted by Crippen LogP contribution is -2.23. The number of aliphatic hydroxyl groups is 1. The molecule has 0 aliphatic carbocycles. The minimum atomic E-state index is -0.634. The Kier molecular flexibility index (Phi) is 7.35. The number of amides is 1. The zero-order chi connectivity index (χ0) is 20.6. The van der Waals surface area contributed by atoms with Gasteiger partial charge in [-0.3, -0.25) is 10.1 Å². The standard InChI is InChI=1S/C22H25NO5/c1-22(2,3)28-20(25)11-7-8-17-14-16(15-24)12-13-19(17)23-21(26)27-18-9-5-4-6-10-18/h4-10,12-14,24H,11,15H2,1-3H3,(H,23,26). The molecule has 0 bridgehead atoms. The van der Waals surface area contributed by atoms with Crippen LogP contribution in [0.2, 0.25) is 0 Å². The number of hydrogen-bond acceptors (Lipinski definition) is 5. The van der Waals surface area contributed by atoms with Crippen molar-refractivity contribution in [3.8, 4) is 5.75 Å². The molecule has 2 aromatic rings. The van der Waals surface area contributed by atoms with Gasteiger partial charge in [0.25, 0.3) is 0 Å². The molecule has 2 rings (SSSR count). The maximum Gasteiger partial charge on any atom is 0.417 e. The van der Waals surface area contributed by atoms with Gasteiger partial charge in [-0.05, 0) is 56.2 Å². The minimum absolute atomic E-state index is 0.0918. The summed E-state index contributed by atoms with van der Waals surface area (Å²) in [5, 5.41) is 12.0. The monoisotopic (exact) mass is 383 g/mol. The number of hydrogen-bond donors (Lipinski definition) is 2. The molecule has 0 heterocycles. The van der Waals surface area contributed by atoms with Gasteiger partial charge >= 0.3 is 12.1 Å². The Morgan fingerprint density at radius 3 is 2.46 bits per heavy atom. The van der Waals surface area contributed by atoms with Crippen molar-refractivity contribution in [2.75, 3.05) is 5.32 Å². The van der Waals surface area contributed by atoms with Crippen molar-refractivity contribution in [1.82, 2.24) is 0 Å². The van der Waals surface area contributed by atoms with E-state index < -0.39 is 11.7 Å². The molecule has 0 fully saturated rings. The predicted molar refractivity (Wildman–Crippen MR) is 108 cm³/mol. The van der Waals surface area contributed by atoms with E-state index in [0.717, 1.165) is 0 Å². The molecule has 28 heavy (non-hydrogen) atoms. The Morgan fingerprint density at radius 2 is 1.82 bits per heavy atom. The number of anilines is 1. The Balaban J connectivity index is 2.09. The van der Waals surface area contributed by atoms with Crippen LogP contribution in [0.15, 0.2) is 54.6 Å². The molecular weight excluding hydrogens is 358 g/mol. The second-order valence-corrected chi connectivity index (χ2v) is 7.10. The van der Waals surface area contributed by atoms with Crippen molar-refractivity contribution in [1.29, 1.82) is 0 Å². The Labute approximate surface area is 164 Å². The number of esters is 1. The van der Waals surface area contributed by atoms with E-state index in [1.54, 1.807) is 75.4 Å². The van der Waals surface area contributed by atoms with E-state index in [-0.39, 0.29) is 19.0 Å². The first kappa shape index (κ1) is 21.2. The largest absolute Gasteiger partial charge is 0.460 e. The second-order valence-electron chi connectivity index (χ2n) is 7.10. The molecule has 0 spiro atoms. The maximum atomic E-state index is 12.1. The molecule has 0 atom stereocenters. The number of rotatable bonds is 6. The van der Waals surface area contributed by atoms with Crippen LogP contribution in [0.5, 0.6) is 5.75 Å². The Morgan fingerprint density at radius 1 is 1.11 bits per heavy atom. The zero-order valence-electron chi connectivity index (χ0n) is 16.3. The first-order valence-electron chi connectivity index (χ1n) is 8.93. The van der Waals surface area contributed by atoms with Gasteiger partial charge in [0.15, 0.2) is 0 Å². The fraction of sp³-hybridized carbons (Fsp3) is 0.273. The number of carbonyl (C=O) groups is 2. The summed E-state index contributed by atoms with van der Waals surface area (Å²) in [6.07, 6.45) is 2.80. The molecule has 6 nitrogen and oxygen atoms in total. The van der Waals surface area contributed by atoms with Crippen LogP contribution in [-0.2, 0) is 16.1 Å². The van der Waals surface area contributed by atoms with Crippen LogP contribution in [0.3, 0.4) is 0 Å². The number of aliphatic hydroxyl groups excluding tert-OH is 1. The molecule has 6 heteroatoms. The predicted octanol–water partition coefficient (Wildman–Crippen LogP) is 4.53. The van der Waals surface area contributed by atoms with E-state index in [0.29, 0.717) is 22.6 Å². The lowest BCUT2D eigenvalue weighted by atomic mass is 10.1. The van der Waals surface area contributed by atoms with Gasteiger partial charge in [-0.1, -0.05) is 36.4 Å². The summed E-state index contributed by atoms with van der Waals surface area (Å²) >= 11 is 0. The number of carbonyl (C=O) groups excluding carboxylic acids is 2. The third kappa shape index (κ3) is 7.25. The minimum Gasteiger partial charge on any atom is -0.460 e. The summed E-state index contributed by atoms with van der Waals surface area (Å²) < 4.78 is 10.5. The fourth-order valence-corrected chi connectivity index (χ4v) is 2.36. The maximum absolute atomic E-state index is 12.1. The fourth-order valence-electron chi connectivity index (χ4n) is 2.36. The highest BCUT2D eigenvalue weighted by Crippen LogP contribution is 2.21. The third-order valence-corrected chi connectivity index (χ3v) is 3.49. The summed E-state index contributed by atoms with van der Waals surface area (Å²) in [5.41, 5.74) is 1.27. The number of nitrogens with one attached hydrogen (secondary N) is 1. The van der Waals surface area contributed by atoms with Crippen molar-refractivity contribution < 1.29 is 24.2 Å². The van der Waals surface area contributed by atoms with Crippen molar-refractivity contribution in [2.24, 2.45) is 0 Å². The molecule has 2 aromatic carbocycles. The summed E-state index contributed by atoms with van der Waals surface area (Å²) in [6.45, 7) is 5.28. The highest BCUT2D eigenvalue weighted by atomic mass is 16.6. The Bertz CT molecular complexity index is 838. The van der Waals surface area contributed by atoms with E-state index in [9.17, 15) is 14.7 Å². The number of para-hydroxylation sites is 1. The van der Waals surface area contributed by atoms with Gasteiger partial charge in [0.2, 0.25) is 0 Å².